The molecule has 2 aromatic carbocycles. The van der Waals surface area contributed by atoms with Crippen LogP contribution in [0.15, 0.2) is 54.6 Å². The number of primary amides is 1. The van der Waals surface area contributed by atoms with Gasteiger partial charge in [0, 0.05) is 12.1 Å². The van der Waals surface area contributed by atoms with E-state index in [9.17, 15) is 14.8 Å². The van der Waals surface area contributed by atoms with Crippen molar-refractivity contribution in [1.82, 2.24) is 9.96 Å². The van der Waals surface area contributed by atoms with Crippen LogP contribution in [0.2, 0.25) is 0 Å². The third-order valence-electron chi connectivity index (χ3n) is 3.20. The molecule has 0 aliphatic rings. The lowest BCUT2D eigenvalue weighted by Gasteiger charge is -2.22. The van der Waals surface area contributed by atoms with Gasteiger partial charge in [0.2, 0.25) is 0 Å². The van der Waals surface area contributed by atoms with Crippen LogP contribution in [-0.4, -0.2) is 30.7 Å². The highest BCUT2D eigenvalue weighted by Gasteiger charge is 2.33. The van der Waals surface area contributed by atoms with Crippen molar-refractivity contribution in [3.05, 3.63) is 54.6 Å². The number of hydrogen-bond donors (Lipinski definition) is 3. The van der Waals surface area contributed by atoms with E-state index in [4.69, 9.17) is 10.5 Å². The summed E-state index contributed by atoms with van der Waals surface area (Å²) in [5.74, 6) is 0.474. The molecule has 2 aromatic rings. The molecule has 0 radical (unpaired) electrons. The summed E-state index contributed by atoms with van der Waals surface area (Å²) in [6.45, 7) is -0.383. The Hall–Kier alpha value is -2.90. The quantitative estimate of drug-likeness (QED) is 0.446. The fourth-order valence-electron chi connectivity index (χ4n) is 1.90. The Morgan fingerprint density at radius 3 is 2.43 bits per heavy atom. The normalized spacial score (nSPS) is 13.0. The molecule has 0 aromatic heterocycles. The molecule has 0 aliphatic carbocycles. The van der Waals surface area contributed by atoms with Crippen molar-refractivity contribution < 1.29 is 19.5 Å². The van der Waals surface area contributed by atoms with Crippen LogP contribution in [0.25, 0.3) is 0 Å². The van der Waals surface area contributed by atoms with Crippen molar-refractivity contribution in [3.63, 3.8) is 0 Å². The van der Waals surface area contributed by atoms with E-state index in [0.717, 1.165) is 0 Å². The Kier molecular flexibility index (Phi) is 4.95. The summed E-state index contributed by atoms with van der Waals surface area (Å²) in [4.78, 5) is 22.7. The maximum Gasteiger partial charge on any atom is 0.369 e. The van der Waals surface area contributed by atoms with Gasteiger partial charge in [-0.05, 0) is 18.2 Å². The number of para-hydroxylation sites is 1. The van der Waals surface area contributed by atoms with Gasteiger partial charge in [-0.15, -0.1) is 0 Å². The van der Waals surface area contributed by atoms with Crippen molar-refractivity contribution in [2.45, 2.75) is 0 Å². The van der Waals surface area contributed by atoms with Gasteiger partial charge >= 0.3 is 11.9 Å². The summed E-state index contributed by atoms with van der Waals surface area (Å²) < 4.78 is 4.63. The van der Waals surface area contributed by atoms with Crippen molar-refractivity contribution in [1.29, 1.82) is 0 Å². The summed E-state index contributed by atoms with van der Waals surface area (Å²) in [6, 6.07) is 14.8. The van der Waals surface area contributed by atoms with Gasteiger partial charge in [-0.3, -0.25) is 0 Å². The standard InChI is InChI=1S/C16H17N3O4/c1-19(22,15(20)11-18-16(17)21)12-6-5-9-14(10-12)23-13-7-3-2-4-8-13/h2-10,22H,11H2,1H3,(H2-,17,18,21)/p+1. The van der Waals surface area contributed by atoms with Crippen LogP contribution >= 0.6 is 0 Å². The van der Waals surface area contributed by atoms with E-state index in [1.165, 1.54) is 7.05 Å². The van der Waals surface area contributed by atoms with Gasteiger partial charge in [0.1, 0.15) is 25.1 Å². The largest absolute Gasteiger partial charge is 0.457 e. The lowest BCUT2D eigenvalue weighted by atomic mass is 10.2. The number of carbonyl (C=O) groups is 2. The van der Waals surface area contributed by atoms with E-state index in [1.807, 2.05) is 18.2 Å². The van der Waals surface area contributed by atoms with Crippen LogP contribution in [0.3, 0.4) is 0 Å². The molecule has 0 saturated carbocycles. The molecule has 7 nitrogen and oxygen atoms in total. The minimum Gasteiger partial charge on any atom is -0.457 e. The number of quaternary nitrogens is 1. The number of hydroxylamine groups is 2. The number of hydrogen-bond acceptors (Lipinski definition) is 4. The van der Waals surface area contributed by atoms with E-state index in [0.29, 0.717) is 17.2 Å². The molecular weight excluding hydrogens is 298 g/mol. The summed E-state index contributed by atoms with van der Waals surface area (Å²) in [5.41, 5.74) is 5.22. The fraction of sp³-hybridized carbons (Fsp3) is 0.125. The Morgan fingerprint density at radius 1 is 1.13 bits per heavy atom. The van der Waals surface area contributed by atoms with E-state index in [1.54, 1.807) is 36.4 Å². The second kappa shape index (κ2) is 6.91. The van der Waals surface area contributed by atoms with Crippen molar-refractivity contribution in [2.24, 2.45) is 5.73 Å². The number of likely N-dealkylation sites (N-methyl/N-ethyl adjacent to an activating group) is 1. The van der Waals surface area contributed by atoms with Crippen LogP contribution in [0, 0.1) is 0 Å². The Balaban J connectivity index is 2.17. The zero-order valence-electron chi connectivity index (χ0n) is 12.6. The van der Waals surface area contributed by atoms with Gasteiger partial charge in [0.25, 0.3) is 0 Å². The summed E-state index contributed by atoms with van der Waals surface area (Å²) >= 11 is 0. The summed E-state index contributed by atoms with van der Waals surface area (Å²) in [6.07, 6.45) is 0. The second-order valence-corrected chi connectivity index (χ2v) is 4.98. The molecule has 0 aliphatic heterocycles. The lowest BCUT2D eigenvalue weighted by Crippen LogP contribution is -2.52. The Morgan fingerprint density at radius 2 is 1.78 bits per heavy atom. The van der Waals surface area contributed by atoms with E-state index in [-0.39, 0.29) is 6.54 Å². The highest BCUT2D eigenvalue weighted by atomic mass is 16.6. The molecular formula is C16H18N3O4+. The number of ether oxygens (including phenoxy) is 1. The molecule has 4 N–H and O–H groups in total. The van der Waals surface area contributed by atoms with E-state index in [2.05, 4.69) is 5.32 Å². The molecule has 1 atom stereocenters. The van der Waals surface area contributed by atoms with Crippen molar-refractivity contribution >= 4 is 17.6 Å². The van der Waals surface area contributed by atoms with Gasteiger partial charge in [-0.1, -0.05) is 28.9 Å². The molecule has 0 spiro atoms. The fourth-order valence-corrected chi connectivity index (χ4v) is 1.90. The molecule has 23 heavy (non-hydrogen) atoms. The molecule has 0 bridgehead atoms. The zero-order valence-corrected chi connectivity index (χ0v) is 12.6. The predicted molar refractivity (Wildman–Crippen MR) is 85.1 cm³/mol. The minimum atomic E-state index is -1.04. The van der Waals surface area contributed by atoms with Gasteiger partial charge in [-0.2, -0.15) is 0 Å². The average molecular weight is 316 g/mol. The van der Waals surface area contributed by atoms with Crippen molar-refractivity contribution in [3.8, 4) is 11.5 Å². The van der Waals surface area contributed by atoms with E-state index >= 15 is 0 Å². The maximum absolute atomic E-state index is 12.1. The summed E-state index contributed by atoms with van der Waals surface area (Å²) in [5, 5.41) is 12.6. The molecule has 2 rings (SSSR count). The number of rotatable bonds is 5. The van der Waals surface area contributed by atoms with Crippen LogP contribution in [-0.2, 0) is 4.79 Å². The smallest absolute Gasteiger partial charge is 0.369 e. The Bertz CT molecular complexity index is 701. The van der Waals surface area contributed by atoms with Gasteiger partial charge in [0.15, 0.2) is 5.69 Å². The third kappa shape index (κ3) is 4.29. The first-order chi connectivity index (χ1) is 10.9. The Labute approximate surface area is 133 Å². The van der Waals surface area contributed by atoms with Crippen molar-refractivity contribution in [2.75, 3.05) is 13.6 Å². The SMILES string of the molecule is C[N+](O)(C(=O)CNC(N)=O)c1cccc(Oc2ccccc2)c1. The molecule has 0 fully saturated rings. The average Bonchev–Trinajstić information content (AvgIpc) is 2.53. The molecule has 0 saturated heterocycles. The first kappa shape index (κ1) is 16.5. The number of amides is 3. The van der Waals surface area contributed by atoms with E-state index < -0.39 is 16.6 Å². The molecule has 0 heterocycles. The minimum absolute atomic E-state index is 0.301. The topological polar surface area (TPSA) is 102 Å². The molecule has 1 unspecified atom stereocenters. The monoisotopic (exact) mass is 316 g/mol. The molecule has 3 amide bonds. The number of nitrogens with zero attached hydrogens (tertiary/aromatic N) is 1. The first-order valence-electron chi connectivity index (χ1n) is 6.89. The number of nitrogens with two attached hydrogens (primary N) is 1. The maximum atomic E-state index is 12.1. The van der Waals surface area contributed by atoms with Gasteiger partial charge in [-0.25, -0.2) is 14.8 Å². The van der Waals surface area contributed by atoms with Crippen LogP contribution < -0.4 is 20.4 Å². The van der Waals surface area contributed by atoms with Crippen LogP contribution in [0.4, 0.5) is 10.5 Å². The van der Waals surface area contributed by atoms with Crippen LogP contribution in [0.5, 0.6) is 11.5 Å². The van der Waals surface area contributed by atoms with Gasteiger partial charge < -0.3 is 15.8 Å². The zero-order chi connectivity index (χ0) is 16.9. The third-order valence-corrected chi connectivity index (χ3v) is 3.20. The number of nitrogens with one attached hydrogen (secondary N) is 1. The highest BCUT2D eigenvalue weighted by Crippen LogP contribution is 2.27. The number of urea groups is 1. The number of carbonyl (C=O) groups excluding carboxylic acids is 2. The molecule has 7 heteroatoms. The predicted octanol–water partition coefficient (Wildman–Crippen LogP) is 2.00. The van der Waals surface area contributed by atoms with Gasteiger partial charge in [0.05, 0.1) is 0 Å². The summed E-state index contributed by atoms with van der Waals surface area (Å²) in [7, 11) is 1.30. The van der Waals surface area contributed by atoms with Crippen LogP contribution in [0.1, 0.15) is 0 Å². The lowest BCUT2D eigenvalue weighted by molar-refractivity contribution is -0.154. The number of benzene rings is 2. The highest BCUT2D eigenvalue weighted by molar-refractivity contribution is 5.90. The first-order valence-corrected chi connectivity index (χ1v) is 6.89. The molecule has 120 valence electrons. The second-order valence-electron chi connectivity index (χ2n) is 4.98.